The molecule has 0 aliphatic carbocycles. The zero-order chi connectivity index (χ0) is 8.77. The van der Waals surface area contributed by atoms with E-state index in [9.17, 15) is 8.42 Å². The third-order valence-corrected chi connectivity index (χ3v) is 6.41. The summed E-state index contributed by atoms with van der Waals surface area (Å²) in [5.41, 5.74) is 0.970. The molecule has 0 saturated carbocycles. The normalized spacial score (nSPS) is 37.6. The molecule has 2 rings (SSSR count). The fraction of sp³-hybridized carbons (Fsp3) is 0.500. The lowest BCUT2D eigenvalue weighted by atomic mass is 10.2. The second kappa shape index (κ2) is 2.64. The molecule has 0 radical (unpaired) electrons. The first-order valence-electron chi connectivity index (χ1n) is 3.87. The molecule has 0 bridgehead atoms. The van der Waals surface area contributed by atoms with Crippen molar-refractivity contribution in [2.24, 2.45) is 0 Å². The van der Waals surface area contributed by atoms with Crippen molar-refractivity contribution < 1.29 is 8.42 Å². The van der Waals surface area contributed by atoms with Gasteiger partial charge in [0.25, 0.3) is 0 Å². The average Bonchev–Trinajstić information content (AvgIpc) is 2.46. The standard InChI is InChI=1S/C8H10O2S2/c1-6-2-3-7-4-5-11-8(7)12(6,9)10/h3-6,8H,2H2,1H3/t6-,8?/m1/s1. The zero-order valence-corrected chi connectivity index (χ0v) is 8.36. The van der Waals surface area contributed by atoms with Crippen molar-refractivity contribution >= 4 is 21.6 Å². The van der Waals surface area contributed by atoms with Gasteiger partial charge in [0.2, 0.25) is 0 Å². The number of hydrogen-bond acceptors (Lipinski definition) is 3. The van der Waals surface area contributed by atoms with Gasteiger partial charge in [-0.25, -0.2) is 8.42 Å². The third kappa shape index (κ3) is 1.05. The van der Waals surface area contributed by atoms with Crippen molar-refractivity contribution in [3.05, 3.63) is 23.1 Å². The molecule has 2 nitrogen and oxygen atoms in total. The van der Waals surface area contributed by atoms with Crippen molar-refractivity contribution in [1.82, 2.24) is 0 Å². The lowest BCUT2D eigenvalue weighted by Gasteiger charge is -2.22. The minimum atomic E-state index is -2.91. The number of thioether (sulfide) groups is 1. The molecule has 12 heavy (non-hydrogen) atoms. The molecule has 0 aromatic rings. The van der Waals surface area contributed by atoms with Crippen LogP contribution in [0, 0.1) is 0 Å². The molecule has 1 unspecified atom stereocenters. The first-order valence-corrected chi connectivity index (χ1v) is 6.42. The van der Waals surface area contributed by atoms with Gasteiger partial charge in [-0.1, -0.05) is 12.2 Å². The number of sulfone groups is 1. The van der Waals surface area contributed by atoms with E-state index < -0.39 is 9.84 Å². The molecule has 2 aliphatic heterocycles. The predicted octanol–water partition coefficient (Wildman–Crippen LogP) is 1.71. The Kier molecular flexibility index (Phi) is 1.84. The molecular weight excluding hydrogens is 192 g/mol. The van der Waals surface area contributed by atoms with Gasteiger partial charge in [-0.3, -0.25) is 0 Å². The van der Waals surface area contributed by atoms with E-state index in [-0.39, 0.29) is 9.83 Å². The predicted molar refractivity (Wildman–Crippen MR) is 51.6 cm³/mol. The summed E-state index contributed by atoms with van der Waals surface area (Å²) >= 11 is 1.40. The summed E-state index contributed by atoms with van der Waals surface area (Å²) in [5, 5.41) is 1.66. The molecule has 0 saturated heterocycles. The average molecular weight is 202 g/mol. The largest absolute Gasteiger partial charge is 0.227 e. The van der Waals surface area contributed by atoms with Crippen molar-refractivity contribution in [3.63, 3.8) is 0 Å². The van der Waals surface area contributed by atoms with Gasteiger partial charge in [0.05, 0.1) is 5.25 Å². The molecule has 2 aliphatic rings. The topological polar surface area (TPSA) is 34.1 Å². The Morgan fingerprint density at radius 1 is 1.58 bits per heavy atom. The van der Waals surface area contributed by atoms with Crippen molar-refractivity contribution in [2.75, 3.05) is 0 Å². The molecule has 0 N–H and O–H groups in total. The maximum absolute atomic E-state index is 11.7. The second-order valence-electron chi connectivity index (χ2n) is 3.11. The Bertz CT molecular complexity index is 351. The summed E-state index contributed by atoms with van der Waals surface area (Å²) in [6.45, 7) is 1.78. The van der Waals surface area contributed by atoms with E-state index in [4.69, 9.17) is 0 Å². The lowest BCUT2D eigenvalue weighted by Crippen LogP contribution is -2.30. The van der Waals surface area contributed by atoms with Crippen LogP contribution in [0.1, 0.15) is 13.3 Å². The van der Waals surface area contributed by atoms with Crippen LogP contribution < -0.4 is 0 Å². The minimum Gasteiger partial charge on any atom is -0.227 e. The van der Waals surface area contributed by atoms with Gasteiger partial charge in [0.15, 0.2) is 9.84 Å². The molecule has 2 atom stereocenters. The first kappa shape index (κ1) is 8.38. The van der Waals surface area contributed by atoms with E-state index in [1.165, 1.54) is 11.8 Å². The summed E-state index contributed by atoms with van der Waals surface area (Å²) in [5.74, 6) is 0. The van der Waals surface area contributed by atoms with Gasteiger partial charge in [-0.2, -0.15) is 0 Å². The lowest BCUT2D eigenvalue weighted by molar-refractivity contribution is 0.581. The third-order valence-electron chi connectivity index (χ3n) is 2.28. The quantitative estimate of drug-likeness (QED) is 0.599. The molecular formula is C8H10O2S2. The van der Waals surface area contributed by atoms with E-state index >= 15 is 0 Å². The highest BCUT2D eigenvalue weighted by molar-refractivity contribution is 8.15. The van der Waals surface area contributed by atoms with Crippen LogP contribution in [-0.4, -0.2) is 18.2 Å². The molecule has 0 aromatic carbocycles. The number of rotatable bonds is 0. The van der Waals surface area contributed by atoms with Crippen LogP contribution in [0.5, 0.6) is 0 Å². The van der Waals surface area contributed by atoms with Gasteiger partial charge in [0.1, 0.15) is 4.58 Å². The molecule has 2 heterocycles. The van der Waals surface area contributed by atoms with Gasteiger partial charge in [0, 0.05) is 0 Å². The van der Waals surface area contributed by atoms with Crippen LogP contribution in [0.4, 0.5) is 0 Å². The molecule has 0 spiro atoms. The monoisotopic (exact) mass is 202 g/mol. The van der Waals surface area contributed by atoms with Crippen molar-refractivity contribution in [3.8, 4) is 0 Å². The Morgan fingerprint density at radius 3 is 3.08 bits per heavy atom. The van der Waals surface area contributed by atoms with Crippen molar-refractivity contribution in [1.29, 1.82) is 0 Å². The second-order valence-corrected chi connectivity index (χ2v) is 6.88. The maximum Gasteiger partial charge on any atom is 0.169 e. The highest BCUT2D eigenvalue weighted by Crippen LogP contribution is 2.39. The van der Waals surface area contributed by atoms with Gasteiger partial charge in [-0.15, -0.1) is 11.8 Å². The van der Waals surface area contributed by atoms with E-state index in [2.05, 4.69) is 0 Å². The van der Waals surface area contributed by atoms with E-state index in [1.54, 1.807) is 6.92 Å². The number of fused-ring (bicyclic) bond motifs is 1. The van der Waals surface area contributed by atoms with E-state index in [0.717, 1.165) is 5.57 Å². The van der Waals surface area contributed by atoms with Gasteiger partial charge in [-0.05, 0) is 24.3 Å². The van der Waals surface area contributed by atoms with Gasteiger partial charge < -0.3 is 0 Å². The molecule has 0 amide bonds. The Balaban J connectivity index is 2.47. The molecule has 4 heteroatoms. The number of allylic oxidation sites excluding steroid dienone is 2. The Labute approximate surface area is 76.7 Å². The molecule has 0 fully saturated rings. The summed E-state index contributed by atoms with van der Waals surface area (Å²) in [6, 6.07) is 0. The highest BCUT2D eigenvalue weighted by atomic mass is 32.3. The SMILES string of the molecule is C[C@@H]1CC=C2C=CSC2S1(=O)=O. The van der Waals surface area contributed by atoms with Crippen LogP contribution >= 0.6 is 11.8 Å². The maximum atomic E-state index is 11.7. The van der Waals surface area contributed by atoms with Crippen molar-refractivity contribution in [2.45, 2.75) is 23.2 Å². The zero-order valence-electron chi connectivity index (χ0n) is 6.73. The molecule has 0 aromatic heterocycles. The van der Waals surface area contributed by atoms with Crippen LogP contribution in [0.2, 0.25) is 0 Å². The Hall–Kier alpha value is -0.220. The number of hydrogen-bond donors (Lipinski definition) is 0. The van der Waals surface area contributed by atoms with Gasteiger partial charge >= 0.3 is 0 Å². The fourth-order valence-electron chi connectivity index (χ4n) is 1.42. The first-order chi connectivity index (χ1) is 5.62. The van der Waals surface area contributed by atoms with Crippen LogP contribution in [0.15, 0.2) is 23.1 Å². The van der Waals surface area contributed by atoms with Crippen LogP contribution in [-0.2, 0) is 9.84 Å². The Morgan fingerprint density at radius 2 is 2.33 bits per heavy atom. The van der Waals surface area contributed by atoms with E-state index in [0.29, 0.717) is 6.42 Å². The van der Waals surface area contributed by atoms with Crippen LogP contribution in [0.3, 0.4) is 0 Å². The van der Waals surface area contributed by atoms with E-state index in [1.807, 2.05) is 17.6 Å². The van der Waals surface area contributed by atoms with Crippen LogP contribution in [0.25, 0.3) is 0 Å². The minimum absolute atomic E-state index is 0.210. The smallest absolute Gasteiger partial charge is 0.169 e. The summed E-state index contributed by atoms with van der Waals surface area (Å²) in [4.78, 5) is 0. The summed E-state index contributed by atoms with van der Waals surface area (Å²) in [7, 11) is -2.91. The summed E-state index contributed by atoms with van der Waals surface area (Å²) < 4.78 is 23.1. The summed E-state index contributed by atoms with van der Waals surface area (Å²) in [6.07, 6.45) is 4.60. The molecule has 66 valence electrons. The fourth-order valence-corrected chi connectivity index (χ4v) is 4.86. The highest BCUT2D eigenvalue weighted by Gasteiger charge is 2.37.